The summed E-state index contributed by atoms with van der Waals surface area (Å²) >= 11 is 0. The van der Waals surface area contributed by atoms with Gasteiger partial charge in [-0.2, -0.15) is 4.79 Å². The first-order valence-corrected chi connectivity index (χ1v) is 6.23. The molecule has 6 heteroatoms. The molecule has 0 aliphatic carbocycles. The van der Waals surface area contributed by atoms with E-state index >= 15 is 0 Å². The molecule has 1 amide bonds. The van der Waals surface area contributed by atoms with Crippen molar-refractivity contribution in [1.29, 1.82) is 0 Å². The highest BCUT2D eigenvalue weighted by atomic mass is 16.5. The number of alkyl carbamates (subject to hydrolysis) is 1. The lowest BCUT2D eigenvalue weighted by molar-refractivity contribution is -0.118. The Morgan fingerprint density at radius 3 is 2.55 bits per heavy atom. The third-order valence-corrected chi connectivity index (χ3v) is 2.64. The zero-order valence-electron chi connectivity index (χ0n) is 11.4. The SMILES string of the molecule is CC(C)[C@@H](NC(=O)OCc1ccccc1)C(=O)C=[N+]=[N-]. The Labute approximate surface area is 117 Å². The standard InChI is InChI=1S/C14H17N3O3/c1-10(2)13(12(18)8-16-15)17-14(19)20-9-11-6-4-3-5-7-11/h3-8,10,13H,9H2,1-2H3,(H,17,19)/t13-/m1/s1. The molecule has 0 radical (unpaired) electrons. The topological polar surface area (TPSA) is 91.8 Å². The second kappa shape index (κ2) is 7.86. The highest BCUT2D eigenvalue weighted by molar-refractivity contribution is 6.28. The average molecular weight is 275 g/mol. The van der Waals surface area contributed by atoms with Gasteiger partial charge in [-0.1, -0.05) is 44.2 Å². The molecule has 0 saturated carbocycles. The van der Waals surface area contributed by atoms with Crippen molar-refractivity contribution in [3.8, 4) is 0 Å². The summed E-state index contributed by atoms with van der Waals surface area (Å²) in [5.41, 5.74) is 9.21. The van der Waals surface area contributed by atoms with Crippen molar-refractivity contribution in [2.45, 2.75) is 26.5 Å². The zero-order chi connectivity index (χ0) is 15.0. The van der Waals surface area contributed by atoms with Crippen molar-refractivity contribution in [2.75, 3.05) is 0 Å². The molecule has 0 bridgehead atoms. The number of nitrogens with one attached hydrogen (secondary N) is 1. The number of ether oxygens (including phenoxy) is 1. The van der Waals surface area contributed by atoms with Gasteiger partial charge in [-0.15, -0.1) is 0 Å². The fraction of sp³-hybridized carbons (Fsp3) is 0.357. The molecule has 1 rings (SSSR count). The Morgan fingerprint density at radius 1 is 1.35 bits per heavy atom. The molecule has 20 heavy (non-hydrogen) atoms. The smallest absolute Gasteiger partial charge is 0.408 e. The minimum atomic E-state index is -0.783. The second-order valence-electron chi connectivity index (χ2n) is 4.57. The minimum absolute atomic E-state index is 0.125. The van der Waals surface area contributed by atoms with Gasteiger partial charge in [0.05, 0.1) is 0 Å². The third kappa shape index (κ3) is 5.04. The van der Waals surface area contributed by atoms with Crippen LogP contribution in [-0.4, -0.2) is 28.9 Å². The van der Waals surface area contributed by atoms with E-state index in [0.717, 1.165) is 11.8 Å². The molecule has 0 aliphatic heterocycles. The molecule has 0 aliphatic rings. The molecular weight excluding hydrogens is 258 g/mol. The molecule has 0 heterocycles. The summed E-state index contributed by atoms with van der Waals surface area (Å²) in [4.78, 5) is 25.9. The molecule has 1 N–H and O–H groups in total. The molecule has 106 valence electrons. The van der Waals surface area contributed by atoms with E-state index in [-0.39, 0.29) is 12.5 Å². The van der Waals surface area contributed by atoms with Crippen LogP contribution in [0.1, 0.15) is 19.4 Å². The van der Waals surface area contributed by atoms with Gasteiger partial charge in [0, 0.05) is 0 Å². The van der Waals surface area contributed by atoms with Crippen LogP contribution in [-0.2, 0) is 16.1 Å². The normalized spacial score (nSPS) is 11.3. The predicted molar refractivity (Wildman–Crippen MR) is 73.1 cm³/mol. The Balaban J connectivity index is 2.54. The molecule has 0 saturated heterocycles. The molecular formula is C14H17N3O3. The maximum atomic E-state index is 11.6. The van der Waals surface area contributed by atoms with E-state index in [1.165, 1.54) is 0 Å². The fourth-order valence-corrected chi connectivity index (χ4v) is 1.60. The number of carbonyl (C=O) groups is 2. The summed E-state index contributed by atoms with van der Waals surface area (Å²) in [7, 11) is 0. The summed E-state index contributed by atoms with van der Waals surface area (Å²) in [5, 5.41) is 2.46. The van der Waals surface area contributed by atoms with Crippen LogP contribution >= 0.6 is 0 Å². The summed E-state index contributed by atoms with van der Waals surface area (Å²) in [6.45, 7) is 3.66. The quantitative estimate of drug-likeness (QED) is 0.487. The third-order valence-electron chi connectivity index (χ3n) is 2.64. The summed E-state index contributed by atoms with van der Waals surface area (Å²) < 4.78 is 5.03. The van der Waals surface area contributed by atoms with Crippen molar-refractivity contribution in [1.82, 2.24) is 5.32 Å². The van der Waals surface area contributed by atoms with Gasteiger partial charge in [0.1, 0.15) is 12.6 Å². The van der Waals surface area contributed by atoms with Crippen LogP contribution in [0.3, 0.4) is 0 Å². The first-order valence-electron chi connectivity index (χ1n) is 6.23. The molecule has 0 unspecified atom stereocenters. The molecule has 1 aromatic rings. The van der Waals surface area contributed by atoms with Gasteiger partial charge in [0.15, 0.2) is 0 Å². The number of hydrogen-bond donors (Lipinski definition) is 1. The maximum absolute atomic E-state index is 11.6. The minimum Gasteiger partial charge on any atom is -0.445 e. The van der Waals surface area contributed by atoms with Crippen molar-refractivity contribution < 1.29 is 19.1 Å². The lowest BCUT2D eigenvalue weighted by atomic mass is 10.0. The van der Waals surface area contributed by atoms with Crippen molar-refractivity contribution in [3.05, 3.63) is 41.4 Å². The van der Waals surface area contributed by atoms with Crippen LogP contribution in [0.2, 0.25) is 0 Å². The van der Waals surface area contributed by atoms with E-state index in [9.17, 15) is 9.59 Å². The van der Waals surface area contributed by atoms with Crippen LogP contribution in [0, 0.1) is 5.92 Å². The Bertz CT molecular complexity index is 508. The number of ketones is 1. The summed E-state index contributed by atoms with van der Waals surface area (Å²) in [6.07, 6.45) is 0.0783. The fourth-order valence-electron chi connectivity index (χ4n) is 1.60. The first-order chi connectivity index (χ1) is 9.54. The Morgan fingerprint density at radius 2 is 2.00 bits per heavy atom. The number of Topliss-reactive ketones (excluding diaryl/α,β-unsaturated/α-hetero) is 1. The maximum Gasteiger partial charge on any atom is 0.408 e. The Hall–Kier alpha value is -2.46. The number of benzene rings is 1. The van der Waals surface area contributed by atoms with Crippen LogP contribution in [0.25, 0.3) is 5.53 Å². The Kier molecular flexibility index (Phi) is 6.13. The second-order valence-corrected chi connectivity index (χ2v) is 4.57. The van der Waals surface area contributed by atoms with E-state index < -0.39 is 17.9 Å². The largest absolute Gasteiger partial charge is 0.445 e. The van der Waals surface area contributed by atoms with Crippen LogP contribution in [0.15, 0.2) is 30.3 Å². The number of hydrogen-bond acceptors (Lipinski definition) is 3. The van der Waals surface area contributed by atoms with Crippen molar-refractivity contribution in [3.63, 3.8) is 0 Å². The monoisotopic (exact) mass is 275 g/mol. The highest BCUT2D eigenvalue weighted by Gasteiger charge is 2.25. The molecule has 6 nitrogen and oxygen atoms in total. The van der Waals surface area contributed by atoms with Gasteiger partial charge in [0.25, 0.3) is 5.78 Å². The lowest BCUT2D eigenvalue weighted by Crippen LogP contribution is -2.45. The van der Waals surface area contributed by atoms with E-state index in [1.54, 1.807) is 13.8 Å². The van der Waals surface area contributed by atoms with E-state index in [2.05, 4.69) is 10.1 Å². The number of carbonyl (C=O) groups excluding carboxylic acids is 2. The number of amides is 1. The van der Waals surface area contributed by atoms with Crippen molar-refractivity contribution >= 4 is 18.1 Å². The van der Waals surface area contributed by atoms with Gasteiger partial charge < -0.3 is 15.6 Å². The molecule has 0 aromatic heterocycles. The van der Waals surface area contributed by atoms with Crippen LogP contribution < -0.4 is 5.32 Å². The highest BCUT2D eigenvalue weighted by Crippen LogP contribution is 2.04. The van der Waals surface area contributed by atoms with Gasteiger partial charge in [-0.05, 0) is 11.5 Å². The molecule has 0 spiro atoms. The van der Waals surface area contributed by atoms with Gasteiger partial charge in [-0.25, -0.2) is 4.79 Å². The molecule has 1 aromatic carbocycles. The van der Waals surface area contributed by atoms with Crippen LogP contribution in [0.4, 0.5) is 4.79 Å². The number of nitrogens with zero attached hydrogens (tertiary/aromatic N) is 2. The van der Waals surface area contributed by atoms with E-state index in [0.29, 0.717) is 0 Å². The summed E-state index contributed by atoms with van der Waals surface area (Å²) in [5.74, 6) is -0.635. The zero-order valence-corrected chi connectivity index (χ0v) is 11.4. The molecule has 0 fully saturated rings. The average Bonchev–Trinajstić information content (AvgIpc) is 2.43. The lowest BCUT2D eigenvalue weighted by Gasteiger charge is -2.17. The van der Waals surface area contributed by atoms with E-state index in [4.69, 9.17) is 10.3 Å². The first kappa shape index (κ1) is 15.6. The predicted octanol–water partition coefficient (Wildman–Crippen LogP) is 1.81. The van der Waals surface area contributed by atoms with E-state index in [1.807, 2.05) is 30.3 Å². The summed E-state index contributed by atoms with van der Waals surface area (Å²) in [6, 6.07) is 8.43. The molecule has 1 atom stereocenters. The van der Waals surface area contributed by atoms with Crippen LogP contribution in [0.5, 0.6) is 0 Å². The number of rotatable bonds is 6. The van der Waals surface area contributed by atoms with Crippen molar-refractivity contribution in [2.24, 2.45) is 5.92 Å². The van der Waals surface area contributed by atoms with Gasteiger partial charge in [-0.3, -0.25) is 4.79 Å². The van der Waals surface area contributed by atoms with Gasteiger partial charge >= 0.3 is 12.3 Å². The van der Waals surface area contributed by atoms with Gasteiger partial charge in [0.2, 0.25) is 0 Å².